The number of aromatic nitrogens is 3. The number of hydrogen-bond donors (Lipinski definition) is 1. The van der Waals surface area contributed by atoms with Crippen LogP contribution in [0.2, 0.25) is 0 Å². The van der Waals surface area contributed by atoms with Gasteiger partial charge in [0.05, 0.1) is 18.1 Å². The van der Waals surface area contributed by atoms with Gasteiger partial charge in [0.1, 0.15) is 5.82 Å². The van der Waals surface area contributed by atoms with Crippen LogP contribution < -0.4 is 10.1 Å². The third-order valence-corrected chi connectivity index (χ3v) is 3.42. The Bertz CT molecular complexity index is 696. The highest BCUT2D eigenvalue weighted by molar-refractivity contribution is 5.58. The quantitative estimate of drug-likeness (QED) is 0.623. The van der Waals surface area contributed by atoms with E-state index >= 15 is 0 Å². The Morgan fingerprint density at radius 3 is 2.70 bits per heavy atom. The molecule has 0 aliphatic carbocycles. The maximum atomic E-state index is 11.0. The first kappa shape index (κ1) is 16.7. The highest BCUT2D eigenvalue weighted by Gasteiger charge is 2.16. The third kappa shape index (κ3) is 3.77. The minimum atomic E-state index is -0.452. The second-order valence-electron chi connectivity index (χ2n) is 5.41. The van der Waals surface area contributed by atoms with E-state index in [1.165, 1.54) is 6.07 Å². The molecule has 0 atom stereocenters. The van der Waals surface area contributed by atoms with Gasteiger partial charge in [0.15, 0.2) is 11.6 Å². The van der Waals surface area contributed by atoms with Gasteiger partial charge in [-0.1, -0.05) is 13.8 Å². The summed E-state index contributed by atoms with van der Waals surface area (Å²) in [5, 5.41) is 22.5. The normalized spacial score (nSPS) is 10.8. The van der Waals surface area contributed by atoms with E-state index in [0.717, 1.165) is 17.3 Å². The number of hydrogen-bond acceptors (Lipinski definition) is 6. The molecule has 8 nitrogen and oxygen atoms in total. The van der Waals surface area contributed by atoms with Gasteiger partial charge in [0, 0.05) is 30.8 Å². The molecule has 0 saturated heterocycles. The fraction of sp³-hybridized carbons (Fsp3) is 0.467. The van der Waals surface area contributed by atoms with Gasteiger partial charge in [-0.15, -0.1) is 10.2 Å². The number of nitrogens with one attached hydrogen (secondary N) is 1. The molecule has 0 spiro atoms. The van der Waals surface area contributed by atoms with Gasteiger partial charge in [-0.3, -0.25) is 10.1 Å². The van der Waals surface area contributed by atoms with Crippen LogP contribution >= 0.6 is 0 Å². The smallest absolute Gasteiger partial charge is 0.311 e. The molecule has 124 valence electrons. The molecule has 8 heteroatoms. The molecule has 1 aromatic heterocycles. The Labute approximate surface area is 134 Å². The first-order valence-electron chi connectivity index (χ1n) is 7.47. The fourth-order valence-corrected chi connectivity index (χ4v) is 2.26. The van der Waals surface area contributed by atoms with Crippen molar-refractivity contribution in [1.82, 2.24) is 14.8 Å². The van der Waals surface area contributed by atoms with Gasteiger partial charge >= 0.3 is 5.69 Å². The molecule has 2 rings (SSSR count). The van der Waals surface area contributed by atoms with Gasteiger partial charge in [0.25, 0.3) is 0 Å². The van der Waals surface area contributed by atoms with E-state index in [9.17, 15) is 10.1 Å². The summed E-state index contributed by atoms with van der Waals surface area (Å²) in [5.74, 6) is 2.26. The fourth-order valence-electron chi connectivity index (χ4n) is 2.26. The molecular formula is C15H21N5O3. The molecule has 0 radical (unpaired) electrons. The number of nitro benzene ring substituents is 1. The van der Waals surface area contributed by atoms with E-state index in [2.05, 4.69) is 29.4 Å². The molecule has 0 aliphatic rings. The summed E-state index contributed by atoms with van der Waals surface area (Å²) in [7, 11) is 1.92. The van der Waals surface area contributed by atoms with E-state index in [-0.39, 0.29) is 11.4 Å². The lowest BCUT2D eigenvalue weighted by molar-refractivity contribution is -0.385. The van der Waals surface area contributed by atoms with Crippen LogP contribution in [0.1, 0.15) is 38.3 Å². The summed E-state index contributed by atoms with van der Waals surface area (Å²) < 4.78 is 7.29. The molecule has 23 heavy (non-hydrogen) atoms. The van der Waals surface area contributed by atoms with Crippen LogP contribution in [-0.4, -0.2) is 26.3 Å². The van der Waals surface area contributed by atoms with Crippen molar-refractivity contribution in [1.29, 1.82) is 0 Å². The summed E-state index contributed by atoms with van der Waals surface area (Å²) in [6.45, 7) is 6.75. The van der Waals surface area contributed by atoms with Crippen LogP contribution in [0.4, 0.5) is 11.4 Å². The second kappa shape index (κ2) is 7.08. The topological polar surface area (TPSA) is 95.1 Å². The maximum Gasteiger partial charge on any atom is 0.311 e. The van der Waals surface area contributed by atoms with Gasteiger partial charge < -0.3 is 14.6 Å². The zero-order valence-corrected chi connectivity index (χ0v) is 13.7. The van der Waals surface area contributed by atoms with E-state index < -0.39 is 4.92 Å². The van der Waals surface area contributed by atoms with E-state index in [1.54, 1.807) is 19.1 Å². The summed E-state index contributed by atoms with van der Waals surface area (Å²) in [6, 6.07) is 4.71. The second-order valence-corrected chi connectivity index (χ2v) is 5.41. The molecule has 2 aromatic rings. The Hall–Kier alpha value is -2.64. The highest BCUT2D eigenvalue weighted by Crippen LogP contribution is 2.30. The largest absolute Gasteiger partial charge is 0.487 e. The van der Waals surface area contributed by atoms with Crippen LogP contribution in [0.15, 0.2) is 18.2 Å². The molecule has 0 aliphatic heterocycles. The zero-order chi connectivity index (χ0) is 17.0. The molecule has 1 aromatic carbocycles. The number of ether oxygens (including phenoxy) is 1. The summed E-state index contributed by atoms with van der Waals surface area (Å²) in [5.41, 5.74) is 0.686. The van der Waals surface area contributed by atoms with E-state index in [1.807, 2.05) is 11.6 Å². The highest BCUT2D eigenvalue weighted by atomic mass is 16.6. The summed E-state index contributed by atoms with van der Waals surface area (Å²) >= 11 is 0. The average Bonchev–Trinajstić information content (AvgIpc) is 2.86. The summed E-state index contributed by atoms with van der Waals surface area (Å²) in [4.78, 5) is 10.5. The van der Waals surface area contributed by atoms with Crippen molar-refractivity contribution in [3.05, 3.63) is 40.0 Å². The minimum absolute atomic E-state index is 0.0434. The van der Waals surface area contributed by atoms with Crippen LogP contribution in [-0.2, 0) is 13.6 Å². The van der Waals surface area contributed by atoms with Crippen molar-refractivity contribution in [3.63, 3.8) is 0 Å². The van der Waals surface area contributed by atoms with Gasteiger partial charge in [-0.2, -0.15) is 0 Å². The lowest BCUT2D eigenvalue weighted by Gasteiger charge is -2.10. The molecule has 0 saturated carbocycles. The Balaban J connectivity index is 2.14. The lowest BCUT2D eigenvalue weighted by atomic mass is 10.2. The standard InChI is InChI=1S/C15H21N5O3/c1-5-23-13-8-11(6-7-12(13)20(21)22)16-9-14-17-18-15(10(2)3)19(14)4/h6-8,10,16H,5,9H2,1-4H3. The minimum Gasteiger partial charge on any atom is -0.487 e. The van der Waals surface area contributed by atoms with Crippen molar-refractivity contribution < 1.29 is 9.66 Å². The van der Waals surface area contributed by atoms with Crippen molar-refractivity contribution in [2.45, 2.75) is 33.2 Å². The Morgan fingerprint density at radius 2 is 2.13 bits per heavy atom. The SMILES string of the molecule is CCOc1cc(NCc2nnc(C(C)C)n2C)ccc1[N+](=O)[O-]. The Morgan fingerprint density at radius 1 is 1.39 bits per heavy atom. The number of anilines is 1. The summed E-state index contributed by atoms with van der Waals surface area (Å²) in [6.07, 6.45) is 0. The molecule has 1 heterocycles. The van der Waals surface area contributed by atoms with E-state index in [0.29, 0.717) is 19.1 Å². The van der Waals surface area contributed by atoms with Crippen molar-refractivity contribution in [2.24, 2.45) is 7.05 Å². The first-order valence-corrected chi connectivity index (χ1v) is 7.47. The first-order chi connectivity index (χ1) is 10.9. The van der Waals surface area contributed by atoms with Gasteiger partial charge in [0.2, 0.25) is 0 Å². The molecule has 0 amide bonds. The predicted molar refractivity (Wildman–Crippen MR) is 86.7 cm³/mol. The predicted octanol–water partition coefficient (Wildman–Crippen LogP) is 2.86. The molecule has 0 fully saturated rings. The number of nitrogens with zero attached hydrogens (tertiary/aromatic N) is 4. The van der Waals surface area contributed by atoms with Crippen LogP contribution in [0, 0.1) is 10.1 Å². The average molecular weight is 319 g/mol. The van der Waals surface area contributed by atoms with Crippen LogP contribution in [0.5, 0.6) is 5.75 Å². The monoisotopic (exact) mass is 319 g/mol. The maximum absolute atomic E-state index is 11.0. The number of benzene rings is 1. The van der Waals surface area contributed by atoms with Crippen molar-refractivity contribution >= 4 is 11.4 Å². The van der Waals surface area contributed by atoms with E-state index in [4.69, 9.17) is 4.74 Å². The van der Waals surface area contributed by atoms with Gasteiger partial charge in [-0.25, -0.2) is 0 Å². The lowest BCUT2D eigenvalue weighted by Crippen LogP contribution is -2.08. The van der Waals surface area contributed by atoms with Crippen molar-refractivity contribution in [3.8, 4) is 5.75 Å². The number of rotatable bonds is 7. The molecular weight excluding hydrogens is 298 g/mol. The third-order valence-electron chi connectivity index (χ3n) is 3.42. The van der Waals surface area contributed by atoms with Crippen molar-refractivity contribution in [2.75, 3.05) is 11.9 Å². The number of nitro groups is 1. The van der Waals surface area contributed by atoms with Crippen LogP contribution in [0.3, 0.4) is 0 Å². The molecule has 0 bridgehead atoms. The van der Waals surface area contributed by atoms with Gasteiger partial charge in [-0.05, 0) is 13.0 Å². The van der Waals surface area contributed by atoms with Crippen LogP contribution in [0.25, 0.3) is 0 Å². The molecule has 0 unspecified atom stereocenters. The Kier molecular flexibility index (Phi) is 5.15. The zero-order valence-electron chi connectivity index (χ0n) is 13.7. The molecule has 1 N–H and O–H groups in total.